The smallest absolute Gasteiger partial charge is 0.273 e. The molecule has 0 aromatic heterocycles. The summed E-state index contributed by atoms with van der Waals surface area (Å²) in [6, 6.07) is 15.1. The van der Waals surface area contributed by atoms with E-state index in [0.29, 0.717) is 10.6 Å². The number of benzene rings is 2. The first-order valence-electron chi connectivity index (χ1n) is 7.23. The van der Waals surface area contributed by atoms with Crippen molar-refractivity contribution in [3.8, 4) is 0 Å². The van der Waals surface area contributed by atoms with Gasteiger partial charge in [-0.1, -0.05) is 54.1 Å². The number of nitrogens with zero attached hydrogens (tertiary/aromatic N) is 1. The molecule has 2 aromatic carbocycles. The zero-order chi connectivity index (χ0) is 17.1. The summed E-state index contributed by atoms with van der Waals surface area (Å²) in [5.74, 6) is -1.33. The predicted molar refractivity (Wildman–Crippen MR) is 90.0 cm³/mol. The van der Waals surface area contributed by atoms with Crippen LogP contribution in [0.4, 0.5) is 4.79 Å². The van der Waals surface area contributed by atoms with Crippen molar-refractivity contribution in [1.29, 1.82) is 0 Å². The summed E-state index contributed by atoms with van der Waals surface area (Å²) in [4.78, 5) is 37.6. The second kappa shape index (κ2) is 6.68. The topological polar surface area (TPSA) is 66.5 Å². The van der Waals surface area contributed by atoms with E-state index in [-0.39, 0.29) is 12.1 Å². The van der Waals surface area contributed by atoms with Crippen LogP contribution in [0.3, 0.4) is 0 Å². The lowest BCUT2D eigenvalue weighted by molar-refractivity contribution is -0.130. The lowest BCUT2D eigenvalue weighted by Crippen LogP contribution is -2.53. The van der Waals surface area contributed by atoms with Crippen molar-refractivity contribution in [2.45, 2.75) is 6.54 Å². The van der Waals surface area contributed by atoms with Crippen molar-refractivity contribution in [1.82, 2.24) is 10.2 Å². The summed E-state index contributed by atoms with van der Waals surface area (Å²) in [6.45, 7) is 0.0940. The Morgan fingerprint density at radius 3 is 2.29 bits per heavy atom. The molecule has 0 bridgehead atoms. The van der Waals surface area contributed by atoms with E-state index in [1.807, 2.05) is 18.2 Å². The first-order valence-corrected chi connectivity index (χ1v) is 7.61. The Balaban J connectivity index is 1.89. The van der Waals surface area contributed by atoms with Gasteiger partial charge in [-0.05, 0) is 29.3 Å². The molecule has 0 atom stereocenters. The van der Waals surface area contributed by atoms with Gasteiger partial charge in [0, 0.05) is 5.02 Å². The fourth-order valence-corrected chi connectivity index (χ4v) is 2.46. The summed E-state index contributed by atoms with van der Waals surface area (Å²) in [7, 11) is 0. The van der Waals surface area contributed by atoms with Crippen LogP contribution >= 0.6 is 11.6 Å². The maximum atomic E-state index is 12.6. The second-order valence-corrected chi connectivity index (χ2v) is 5.68. The van der Waals surface area contributed by atoms with E-state index >= 15 is 0 Å². The molecule has 5 nitrogen and oxygen atoms in total. The molecule has 1 aliphatic heterocycles. The van der Waals surface area contributed by atoms with Crippen LogP contribution in [0.25, 0.3) is 6.08 Å². The largest absolute Gasteiger partial charge is 0.331 e. The molecule has 24 heavy (non-hydrogen) atoms. The van der Waals surface area contributed by atoms with Crippen molar-refractivity contribution in [2.75, 3.05) is 0 Å². The molecule has 0 aliphatic carbocycles. The average Bonchev–Trinajstić information content (AvgIpc) is 2.58. The summed E-state index contributed by atoms with van der Waals surface area (Å²) < 4.78 is 0. The molecule has 1 N–H and O–H groups in total. The fourth-order valence-electron chi connectivity index (χ4n) is 2.33. The van der Waals surface area contributed by atoms with E-state index in [2.05, 4.69) is 5.32 Å². The number of halogens is 1. The molecule has 0 spiro atoms. The fraction of sp³-hybridized carbons (Fsp3) is 0.0556. The lowest BCUT2D eigenvalue weighted by atomic mass is 10.1. The number of urea groups is 1. The SMILES string of the molecule is O=C1NC(=O)N(Cc2ccccc2)C(=O)C1=Cc1ccc(Cl)cc1. The minimum absolute atomic E-state index is 0.0900. The molecular weight excluding hydrogens is 328 g/mol. The van der Waals surface area contributed by atoms with Crippen molar-refractivity contribution < 1.29 is 14.4 Å². The Bertz CT molecular complexity index is 829. The first kappa shape index (κ1) is 16.0. The van der Waals surface area contributed by atoms with Crippen molar-refractivity contribution in [2.24, 2.45) is 0 Å². The van der Waals surface area contributed by atoms with Crippen LogP contribution in [-0.2, 0) is 16.1 Å². The van der Waals surface area contributed by atoms with Gasteiger partial charge in [0.05, 0.1) is 6.54 Å². The van der Waals surface area contributed by atoms with Gasteiger partial charge in [0.2, 0.25) is 0 Å². The minimum Gasteiger partial charge on any atom is -0.273 e. The summed E-state index contributed by atoms with van der Waals surface area (Å²) in [5, 5.41) is 2.75. The van der Waals surface area contributed by atoms with Crippen molar-refractivity contribution in [3.05, 3.63) is 76.3 Å². The Morgan fingerprint density at radius 1 is 0.958 bits per heavy atom. The van der Waals surface area contributed by atoms with E-state index in [9.17, 15) is 14.4 Å². The van der Waals surface area contributed by atoms with Crippen LogP contribution in [0, 0.1) is 0 Å². The standard InChI is InChI=1S/C18H13ClN2O3/c19-14-8-6-12(7-9-14)10-15-16(22)20-18(24)21(17(15)23)11-13-4-2-1-3-5-13/h1-10H,11H2,(H,20,22,24). The highest BCUT2D eigenvalue weighted by Crippen LogP contribution is 2.18. The molecule has 0 unspecified atom stereocenters. The van der Waals surface area contributed by atoms with Gasteiger partial charge in [0.25, 0.3) is 11.8 Å². The van der Waals surface area contributed by atoms with Crippen LogP contribution in [0.2, 0.25) is 5.02 Å². The van der Waals surface area contributed by atoms with Crippen LogP contribution in [-0.4, -0.2) is 22.7 Å². The van der Waals surface area contributed by atoms with Crippen LogP contribution < -0.4 is 5.32 Å². The number of nitrogens with one attached hydrogen (secondary N) is 1. The van der Waals surface area contributed by atoms with Gasteiger partial charge in [-0.3, -0.25) is 19.8 Å². The zero-order valence-corrected chi connectivity index (χ0v) is 13.3. The molecule has 1 heterocycles. The van der Waals surface area contributed by atoms with Gasteiger partial charge in [-0.25, -0.2) is 4.79 Å². The van der Waals surface area contributed by atoms with Gasteiger partial charge in [0.15, 0.2) is 0 Å². The van der Waals surface area contributed by atoms with Crippen LogP contribution in [0.5, 0.6) is 0 Å². The van der Waals surface area contributed by atoms with Crippen molar-refractivity contribution in [3.63, 3.8) is 0 Å². The molecule has 1 saturated heterocycles. The molecule has 2 aromatic rings. The van der Waals surface area contributed by atoms with Crippen LogP contribution in [0.15, 0.2) is 60.2 Å². The predicted octanol–water partition coefficient (Wildman–Crippen LogP) is 3.00. The molecule has 3 rings (SSSR count). The molecule has 0 saturated carbocycles. The lowest BCUT2D eigenvalue weighted by Gasteiger charge is -2.26. The van der Waals surface area contributed by atoms with Crippen LogP contribution in [0.1, 0.15) is 11.1 Å². The molecule has 1 aliphatic rings. The van der Waals surface area contributed by atoms with Gasteiger partial charge < -0.3 is 0 Å². The number of hydrogen-bond donors (Lipinski definition) is 1. The molecule has 1 fully saturated rings. The Hall–Kier alpha value is -2.92. The van der Waals surface area contributed by atoms with E-state index in [1.165, 1.54) is 6.08 Å². The van der Waals surface area contributed by atoms with Gasteiger partial charge in [-0.2, -0.15) is 0 Å². The quantitative estimate of drug-likeness (QED) is 0.690. The van der Waals surface area contributed by atoms with Gasteiger partial charge in [-0.15, -0.1) is 0 Å². The number of rotatable bonds is 3. The highest BCUT2D eigenvalue weighted by atomic mass is 35.5. The highest BCUT2D eigenvalue weighted by Gasteiger charge is 2.35. The van der Waals surface area contributed by atoms with E-state index in [4.69, 9.17) is 11.6 Å². The molecule has 120 valence electrons. The van der Waals surface area contributed by atoms with Gasteiger partial charge in [0.1, 0.15) is 5.57 Å². The highest BCUT2D eigenvalue weighted by molar-refractivity contribution is 6.31. The number of amides is 4. The Morgan fingerprint density at radius 2 is 1.62 bits per heavy atom. The number of hydrogen-bond acceptors (Lipinski definition) is 3. The summed E-state index contributed by atoms with van der Waals surface area (Å²) in [6.07, 6.45) is 1.44. The second-order valence-electron chi connectivity index (χ2n) is 5.25. The Labute approximate surface area is 143 Å². The maximum absolute atomic E-state index is 12.6. The number of imide groups is 2. The zero-order valence-electron chi connectivity index (χ0n) is 12.5. The third kappa shape index (κ3) is 3.36. The van der Waals surface area contributed by atoms with Gasteiger partial charge >= 0.3 is 6.03 Å². The molecule has 0 radical (unpaired) electrons. The number of carbonyl (C=O) groups excluding carboxylic acids is 3. The normalized spacial score (nSPS) is 16.5. The summed E-state index contributed by atoms with van der Waals surface area (Å²) in [5.41, 5.74) is 1.35. The molecule has 4 amide bonds. The first-order chi connectivity index (χ1) is 11.5. The Kier molecular flexibility index (Phi) is 4.44. The number of carbonyl (C=O) groups is 3. The van der Waals surface area contributed by atoms with Crippen molar-refractivity contribution >= 4 is 35.5 Å². The average molecular weight is 341 g/mol. The van der Waals surface area contributed by atoms with E-state index in [1.54, 1.807) is 36.4 Å². The molecular formula is C18H13ClN2O3. The molecule has 6 heteroatoms. The monoisotopic (exact) mass is 340 g/mol. The van der Waals surface area contributed by atoms with E-state index in [0.717, 1.165) is 10.5 Å². The minimum atomic E-state index is -0.720. The maximum Gasteiger partial charge on any atom is 0.331 e. The number of barbiturate groups is 1. The summed E-state index contributed by atoms with van der Waals surface area (Å²) >= 11 is 5.82. The third-order valence-electron chi connectivity index (χ3n) is 3.55. The van der Waals surface area contributed by atoms with E-state index < -0.39 is 17.8 Å². The third-order valence-corrected chi connectivity index (χ3v) is 3.80.